The molecule has 2 aromatic carbocycles. The van der Waals surface area contributed by atoms with E-state index in [1.165, 1.54) is 29.5 Å². The van der Waals surface area contributed by atoms with E-state index in [9.17, 15) is 19.3 Å². The topological polar surface area (TPSA) is 85.1 Å². The third-order valence-corrected chi connectivity index (χ3v) is 4.24. The number of thiazole rings is 1. The summed E-state index contributed by atoms with van der Waals surface area (Å²) in [5, 5.41) is 13.5. The first-order valence-corrected chi connectivity index (χ1v) is 7.45. The molecule has 0 unspecified atom stereocenters. The number of fused-ring (bicyclic) bond motifs is 1. The Bertz CT molecular complexity index is 944. The van der Waals surface area contributed by atoms with Crippen molar-refractivity contribution >= 4 is 49.9 Å². The second-order valence-corrected chi connectivity index (χ2v) is 5.94. The van der Waals surface area contributed by atoms with Gasteiger partial charge < -0.3 is 0 Å². The van der Waals surface area contributed by atoms with Crippen LogP contribution < -0.4 is 5.32 Å². The van der Waals surface area contributed by atoms with E-state index in [1.807, 2.05) is 0 Å². The largest absolute Gasteiger partial charge is 0.298 e. The molecule has 1 N–H and O–H groups in total. The smallest absolute Gasteiger partial charge is 0.271 e. The lowest BCUT2D eigenvalue weighted by molar-refractivity contribution is -0.384. The van der Waals surface area contributed by atoms with E-state index in [0.29, 0.717) is 10.2 Å². The van der Waals surface area contributed by atoms with Crippen molar-refractivity contribution in [1.29, 1.82) is 0 Å². The zero-order valence-corrected chi connectivity index (χ0v) is 12.8. The van der Waals surface area contributed by atoms with Gasteiger partial charge in [-0.05, 0) is 24.3 Å². The molecule has 0 bridgehead atoms. The molecule has 0 spiro atoms. The minimum atomic E-state index is -0.543. The van der Waals surface area contributed by atoms with Crippen molar-refractivity contribution in [2.75, 3.05) is 5.32 Å². The molecular weight excluding hydrogens is 345 g/mol. The molecule has 6 nitrogen and oxygen atoms in total. The Labute approximate surface area is 137 Å². The van der Waals surface area contributed by atoms with Crippen LogP contribution in [0.15, 0.2) is 36.4 Å². The number of amides is 1. The van der Waals surface area contributed by atoms with Gasteiger partial charge in [-0.2, -0.15) is 0 Å². The molecule has 1 amide bonds. The fourth-order valence-corrected chi connectivity index (χ4v) is 3.02. The van der Waals surface area contributed by atoms with Gasteiger partial charge in [0.2, 0.25) is 0 Å². The van der Waals surface area contributed by atoms with E-state index in [2.05, 4.69) is 10.3 Å². The lowest BCUT2D eigenvalue weighted by atomic mass is 10.2. The highest BCUT2D eigenvalue weighted by Crippen LogP contribution is 2.29. The van der Waals surface area contributed by atoms with E-state index in [4.69, 9.17) is 11.6 Å². The van der Waals surface area contributed by atoms with Gasteiger partial charge in [-0.1, -0.05) is 22.9 Å². The summed E-state index contributed by atoms with van der Waals surface area (Å²) in [6.07, 6.45) is 0. The number of carbonyl (C=O) groups is 1. The summed E-state index contributed by atoms with van der Waals surface area (Å²) in [6, 6.07) is 7.69. The highest BCUT2D eigenvalue weighted by atomic mass is 35.5. The van der Waals surface area contributed by atoms with Crippen molar-refractivity contribution in [3.05, 3.63) is 62.9 Å². The maximum Gasteiger partial charge on any atom is 0.271 e. The van der Waals surface area contributed by atoms with Crippen LogP contribution in [0.2, 0.25) is 5.02 Å². The van der Waals surface area contributed by atoms with Gasteiger partial charge in [-0.15, -0.1) is 0 Å². The van der Waals surface area contributed by atoms with Crippen molar-refractivity contribution in [2.45, 2.75) is 0 Å². The van der Waals surface area contributed by atoms with Gasteiger partial charge in [0.25, 0.3) is 11.6 Å². The van der Waals surface area contributed by atoms with Crippen LogP contribution in [-0.4, -0.2) is 15.8 Å². The summed E-state index contributed by atoms with van der Waals surface area (Å²) in [6.45, 7) is 0. The van der Waals surface area contributed by atoms with E-state index in [1.54, 1.807) is 6.07 Å². The number of anilines is 1. The molecule has 9 heteroatoms. The number of carbonyl (C=O) groups excluding carboxylic acids is 1. The molecular formula is C14H7ClFN3O3S. The molecule has 0 aliphatic rings. The molecule has 3 rings (SSSR count). The third kappa shape index (κ3) is 3.13. The monoisotopic (exact) mass is 351 g/mol. The normalized spacial score (nSPS) is 10.7. The van der Waals surface area contributed by atoms with E-state index in [0.717, 1.165) is 12.1 Å². The molecule has 0 radical (unpaired) electrons. The molecule has 0 aliphatic carbocycles. The van der Waals surface area contributed by atoms with Crippen molar-refractivity contribution in [3.8, 4) is 0 Å². The van der Waals surface area contributed by atoms with Gasteiger partial charge in [0.15, 0.2) is 5.13 Å². The number of nitrogens with one attached hydrogen (secondary N) is 1. The number of nitro groups is 1. The van der Waals surface area contributed by atoms with Crippen molar-refractivity contribution in [3.63, 3.8) is 0 Å². The highest BCUT2D eigenvalue weighted by molar-refractivity contribution is 7.22. The molecule has 0 saturated carbocycles. The number of hydrogen-bond donors (Lipinski definition) is 1. The lowest BCUT2D eigenvalue weighted by Crippen LogP contribution is -2.12. The lowest BCUT2D eigenvalue weighted by Gasteiger charge is -2.03. The van der Waals surface area contributed by atoms with Crippen LogP contribution in [0.5, 0.6) is 0 Å². The first-order valence-electron chi connectivity index (χ1n) is 6.25. The van der Waals surface area contributed by atoms with Crippen molar-refractivity contribution in [1.82, 2.24) is 4.98 Å². The van der Waals surface area contributed by atoms with Crippen LogP contribution in [0.25, 0.3) is 10.2 Å². The molecule has 23 heavy (non-hydrogen) atoms. The average molecular weight is 352 g/mol. The van der Waals surface area contributed by atoms with Crippen LogP contribution in [0.3, 0.4) is 0 Å². The standard InChI is InChI=1S/C14H7ClFN3O3S/c15-10-5-7(16)1-3-9(10)13(20)18-14-17-11-6-8(19(21)22)2-4-12(11)23-14/h1-6H,(H,17,18,20). The molecule has 3 aromatic rings. The number of hydrogen-bond acceptors (Lipinski definition) is 5. The van der Waals surface area contributed by atoms with Gasteiger partial charge in [-0.25, -0.2) is 9.37 Å². The Morgan fingerprint density at radius 1 is 1.30 bits per heavy atom. The number of nitro benzene ring substituents is 1. The molecule has 116 valence electrons. The number of nitrogens with zero attached hydrogens (tertiary/aromatic N) is 2. The van der Waals surface area contributed by atoms with Gasteiger partial charge in [0.05, 0.1) is 25.7 Å². The predicted octanol–water partition coefficient (Wildman–Crippen LogP) is 4.25. The summed E-state index contributed by atoms with van der Waals surface area (Å²) in [7, 11) is 0. The quantitative estimate of drug-likeness (QED) is 0.564. The van der Waals surface area contributed by atoms with E-state index < -0.39 is 16.6 Å². The average Bonchev–Trinajstić information content (AvgIpc) is 2.87. The maximum atomic E-state index is 13.0. The molecule has 0 saturated heterocycles. The zero-order valence-electron chi connectivity index (χ0n) is 11.2. The van der Waals surface area contributed by atoms with E-state index in [-0.39, 0.29) is 21.4 Å². The van der Waals surface area contributed by atoms with Crippen LogP contribution >= 0.6 is 22.9 Å². The summed E-state index contributed by atoms with van der Waals surface area (Å²) in [5.74, 6) is -1.08. The molecule has 0 fully saturated rings. The summed E-state index contributed by atoms with van der Waals surface area (Å²) in [5.41, 5.74) is 0.435. The first kappa shape index (κ1) is 15.3. The van der Waals surface area contributed by atoms with Crippen molar-refractivity contribution in [2.24, 2.45) is 0 Å². The fraction of sp³-hybridized carbons (Fsp3) is 0. The zero-order chi connectivity index (χ0) is 16.6. The Morgan fingerprint density at radius 3 is 2.78 bits per heavy atom. The Balaban J connectivity index is 1.89. The minimum Gasteiger partial charge on any atom is -0.298 e. The minimum absolute atomic E-state index is 0.0146. The highest BCUT2D eigenvalue weighted by Gasteiger charge is 2.15. The summed E-state index contributed by atoms with van der Waals surface area (Å²) in [4.78, 5) is 26.5. The summed E-state index contributed by atoms with van der Waals surface area (Å²) >= 11 is 7.00. The maximum absolute atomic E-state index is 13.0. The second kappa shape index (κ2) is 5.90. The van der Waals surface area contributed by atoms with Crippen LogP contribution in [-0.2, 0) is 0 Å². The van der Waals surface area contributed by atoms with E-state index >= 15 is 0 Å². The predicted molar refractivity (Wildman–Crippen MR) is 85.6 cm³/mol. The summed E-state index contributed by atoms with van der Waals surface area (Å²) < 4.78 is 13.7. The molecule has 0 aliphatic heterocycles. The number of rotatable bonds is 3. The molecule has 1 heterocycles. The first-order chi connectivity index (χ1) is 10.9. The van der Waals surface area contributed by atoms with Gasteiger partial charge >= 0.3 is 0 Å². The number of halogens is 2. The van der Waals surface area contributed by atoms with Crippen LogP contribution in [0, 0.1) is 15.9 Å². The number of aromatic nitrogens is 1. The number of non-ortho nitro benzene ring substituents is 1. The van der Waals surface area contributed by atoms with Crippen molar-refractivity contribution < 1.29 is 14.1 Å². The van der Waals surface area contributed by atoms with Crippen LogP contribution in [0.4, 0.5) is 15.2 Å². The SMILES string of the molecule is O=C(Nc1nc2cc([N+](=O)[O-])ccc2s1)c1ccc(F)cc1Cl. The fourth-order valence-electron chi connectivity index (χ4n) is 1.92. The Morgan fingerprint density at radius 2 is 2.09 bits per heavy atom. The molecule has 1 aromatic heterocycles. The number of benzene rings is 2. The second-order valence-electron chi connectivity index (χ2n) is 4.51. The molecule has 0 atom stereocenters. The van der Waals surface area contributed by atoms with Crippen LogP contribution in [0.1, 0.15) is 10.4 Å². The Hall–Kier alpha value is -2.58. The Kier molecular flexibility index (Phi) is 3.93. The van der Waals surface area contributed by atoms with Gasteiger partial charge in [0, 0.05) is 12.1 Å². The van der Waals surface area contributed by atoms with Gasteiger partial charge in [0.1, 0.15) is 5.82 Å². The van der Waals surface area contributed by atoms with Gasteiger partial charge in [-0.3, -0.25) is 20.2 Å². The third-order valence-electron chi connectivity index (χ3n) is 2.98.